The molecule has 12 heavy (non-hydrogen) atoms. The SMILES string of the molecule is CC[C@@](C)(CCCC(C)C)OC. The maximum atomic E-state index is 5.47. The van der Waals surface area contributed by atoms with Gasteiger partial charge in [-0.3, -0.25) is 0 Å². The quantitative estimate of drug-likeness (QED) is 0.594. The van der Waals surface area contributed by atoms with Crippen LogP contribution in [0.3, 0.4) is 0 Å². The van der Waals surface area contributed by atoms with Crippen LogP contribution >= 0.6 is 0 Å². The van der Waals surface area contributed by atoms with Gasteiger partial charge in [-0.05, 0) is 25.7 Å². The predicted molar refractivity (Wildman–Crippen MR) is 54.4 cm³/mol. The first-order valence-corrected chi connectivity index (χ1v) is 5.09. The third-order valence-electron chi connectivity index (χ3n) is 2.73. The van der Waals surface area contributed by atoms with Crippen molar-refractivity contribution in [2.75, 3.05) is 7.11 Å². The van der Waals surface area contributed by atoms with Gasteiger partial charge in [0.05, 0.1) is 5.60 Å². The van der Waals surface area contributed by atoms with Gasteiger partial charge in [0.15, 0.2) is 0 Å². The predicted octanol–water partition coefficient (Wildman–Crippen LogP) is 3.63. The Morgan fingerprint density at radius 3 is 2.25 bits per heavy atom. The van der Waals surface area contributed by atoms with Gasteiger partial charge in [0.1, 0.15) is 0 Å². The average molecular weight is 172 g/mol. The maximum Gasteiger partial charge on any atom is 0.0648 e. The average Bonchev–Trinajstić information content (AvgIpc) is 2.03. The van der Waals surface area contributed by atoms with E-state index in [2.05, 4.69) is 27.7 Å². The van der Waals surface area contributed by atoms with E-state index in [1.807, 2.05) is 7.11 Å². The molecule has 0 aliphatic carbocycles. The van der Waals surface area contributed by atoms with Crippen molar-refractivity contribution < 1.29 is 4.74 Å². The van der Waals surface area contributed by atoms with E-state index in [0.717, 1.165) is 12.3 Å². The first kappa shape index (κ1) is 12.0. The highest BCUT2D eigenvalue weighted by atomic mass is 16.5. The summed E-state index contributed by atoms with van der Waals surface area (Å²) in [6, 6.07) is 0. The summed E-state index contributed by atoms with van der Waals surface area (Å²) in [6.45, 7) is 8.94. The summed E-state index contributed by atoms with van der Waals surface area (Å²) in [7, 11) is 1.82. The van der Waals surface area contributed by atoms with Gasteiger partial charge >= 0.3 is 0 Å². The molecule has 0 aromatic rings. The standard InChI is InChI=1S/C11H24O/c1-6-11(4,12-5)9-7-8-10(2)3/h10H,6-9H2,1-5H3/t11-/m0/s1. The first-order valence-electron chi connectivity index (χ1n) is 5.09. The molecule has 1 nitrogen and oxygen atoms in total. The fourth-order valence-electron chi connectivity index (χ4n) is 1.31. The Bertz CT molecular complexity index is 104. The number of rotatable bonds is 6. The fourth-order valence-corrected chi connectivity index (χ4v) is 1.31. The monoisotopic (exact) mass is 172 g/mol. The first-order chi connectivity index (χ1) is 5.54. The lowest BCUT2D eigenvalue weighted by Gasteiger charge is -2.26. The second-order valence-corrected chi connectivity index (χ2v) is 4.29. The van der Waals surface area contributed by atoms with Crippen molar-refractivity contribution in [2.24, 2.45) is 5.92 Å². The normalized spacial score (nSPS) is 16.5. The Labute approximate surface area is 77.5 Å². The fraction of sp³-hybridized carbons (Fsp3) is 1.00. The van der Waals surface area contributed by atoms with Gasteiger partial charge in [-0.1, -0.05) is 33.6 Å². The summed E-state index contributed by atoms with van der Waals surface area (Å²) < 4.78 is 5.47. The number of hydrogen-bond donors (Lipinski definition) is 0. The second-order valence-electron chi connectivity index (χ2n) is 4.29. The molecule has 1 atom stereocenters. The van der Waals surface area contributed by atoms with Crippen LogP contribution in [-0.2, 0) is 4.74 Å². The lowest BCUT2D eigenvalue weighted by molar-refractivity contribution is -0.00664. The molecule has 74 valence electrons. The Kier molecular flexibility index (Phi) is 5.56. The molecule has 0 radical (unpaired) electrons. The van der Waals surface area contributed by atoms with Gasteiger partial charge in [-0.25, -0.2) is 0 Å². The highest BCUT2D eigenvalue weighted by Crippen LogP contribution is 2.22. The topological polar surface area (TPSA) is 9.23 Å². The van der Waals surface area contributed by atoms with Crippen LogP contribution in [0.4, 0.5) is 0 Å². The summed E-state index contributed by atoms with van der Waals surface area (Å²) in [5, 5.41) is 0. The Morgan fingerprint density at radius 2 is 1.92 bits per heavy atom. The molecule has 0 aromatic heterocycles. The van der Waals surface area contributed by atoms with E-state index in [0.29, 0.717) is 0 Å². The van der Waals surface area contributed by atoms with Crippen molar-refractivity contribution in [2.45, 2.75) is 59.0 Å². The molecule has 0 bridgehead atoms. The number of methoxy groups -OCH3 is 1. The van der Waals surface area contributed by atoms with Crippen molar-refractivity contribution in [3.8, 4) is 0 Å². The number of ether oxygens (including phenoxy) is 1. The van der Waals surface area contributed by atoms with Crippen LogP contribution in [0.5, 0.6) is 0 Å². The zero-order valence-corrected chi connectivity index (χ0v) is 9.31. The molecule has 0 aromatic carbocycles. The minimum Gasteiger partial charge on any atom is -0.379 e. The van der Waals surface area contributed by atoms with Crippen LogP contribution in [0, 0.1) is 5.92 Å². The molecule has 0 saturated carbocycles. The highest BCUT2D eigenvalue weighted by Gasteiger charge is 2.19. The van der Waals surface area contributed by atoms with E-state index in [1.165, 1.54) is 19.3 Å². The van der Waals surface area contributed by atoms with Gasteiger partial charge in [0, 0.05) is 7.11 Å². The van der Waals surface area contributed by atoms with E-state index >= 15 is 0 Å². The third kappa shape index (κ3) is 4.76. The summed E-state index contributed by atoms with van der Waals surface area (Å²) in [6.07, 6.45) is 4.91. The summed E-state index contributed by atoms with van der Waals surface area (Å²) >= 11 is 0. The van der Waals surface area contributed by atoms with Gasteiger partial charge in [0.2, 0.25) is 0 Å². The minimum atomic E-state index is 0.120. The molecule has 1 heteroatoms. The van der Waals surface area contributed by atoms with Crippen LogP contribution in [0.2, 0.25) is 0 Å². The largest absolute Gasteiger partial charge is 0.379 e. The lowest BCUT2D eigenvalue weighted by atomic mass is 9.93. The number of hydrogen-bond acceptors (Lipinski definition) is 1. The van der Waals surface area contributed by atoms with Crippen molar-refractivity contribution in [3.05, 3.63) is 0 Å². The van der Waals surface area contributed by atoms with Gasteiger partial charge in [-0.2, -0.15) is 0 Å². The maximum absolute atomic E-state index is 5.47. The molecule has 0 aliphatic heterocycles. The molecule has 0 N–H and O–H groups in total. The molecule has 0 heterocycles. The smallest absolute Gasteiger partial charge is 0.0648 e. The Hall–Kier alpha value is -0.0400. The molecular formula is C11H24O. The minimum absolute atomic E-state index is 0.120. The van der Waals surface area contributed by atoms with Crippen LogP contribution in [0.25, 0.3) is 0 Å². The van der Waals surface area contributed by atoms with Crippen LogP contribution < -0.4 is 0 Å². The zero-order valence-electron chi connectivity index (χ0n) is 9.31. The third-order valence-corrected chi connectivity index (χ3v) is 2.73. The van der Waals surface area contributed by atoms with E-state index in [9.17, 15) is 0 Å². The van der Waals surface area contributed by atoms with Gasteiger partial charge in [-0.15, -0.1) is 0 Å². The van der Waals surface area contributed by atoms with Gasteiger partial charge in [0.25, 0.3) is 0 Å². The molecule has 0 rings (SSSR count). The van der Waals surface area contributed by atoms with Gasteiger partial charge < -0.3 is 4.74 Å². The summed E-state index contributed by atoms with van der Waals surface area (Å²) in [5.74, 6) is 0.822. The summed E-state index contributed by atoms with van der Waals surface area (Å²) in [5.41, 5.74) is 0.120. The van der Waals surface area contributed by atoms with Crippen molar-refractivity contribution in [1.29, 1.82) is 0 Å². The molecule has 0 saturated heterocycles. The second kappa shape index (κ2) is 5.58. The van der Waals surface area contributed by atoms with E-state index in [-0.39, 0.29) is 5.60 Å². The van der Waals surface area contributed by atoms with E-state index in [1.54, 1.807) is 0 Å². The van der Waals surface area contributed by atoms with Crippen LogP contribution in [0.1, 0.15) is 53.4 Å². The Morgan fingerprint density at radius 1 is 1.33 bits per heavy atom. The van der Waals surface area contributed by atoms with Crippen molar-refractivity contribution in [1.82, 2.24) is 0 Å². The highest BCUT2D eigenvalue weighted by molar-refractivity contribution is 4.72. The van der Waals surface area contributed by atoms with E-state index < -0.39 is 0 Å². The molecule has 0 fully saturated rings. The Balaban J connectivity index is 3.58. The van der Waals surface area contributed by atoms with E-state index in [4.69, 9.17) is 4.74 Å². The molecule has 0 amide bonds. The van der Waals surface area contributed by atoms with Crippen LogP contribution in [0.15, 0.2) is 0 Å². The van der Waals surface area contributed by atoms with Crippen LogP contribution in [-0.4, -0.2) is 12.7 Å². The van der Waals surface area contributed by atoms with Crippen molar-refractivity contribution >= 4 is 0 Å². The summed E-state index contributed by atoms with van der Waals surface area (Å²) in [4.78, 5) is 0. The molecule has 0 spiro atoms. The molecule has 0 aliphatic rings. The zero-order chi connectivity index (χ0) is 9.61. The molecular weight excluding hydrogens is 148 g/mol. The lowest BCUT2D eigenvalue weighted by Crippen LogP contribution is -2.25. The van der Waals surface area contributed by atoms with Crippen molar-refractivity contribution in [3.63, 3.8) is 0 Å². The molecule has 0 unspecified atom stereocenters.